The summed E-state index contributed by atoms with van der Waals surface area (Å²) in [7, 11) is 1.40. The summed E-state index contributed by atoms with van der Waals surface area (Å²) in [6.45, 7) is 9.11. The van der Waals surface area contributed by atoms with E-state index in [1.54, 1.807) is 0 Å². The van der Waals surface area contributed by atoms with Crippen molar-refractivity contribution >= 4 is 5.97 Å². The molecule has 2 aromatic rings. The third-order valence-electron chi connectivity index (χ3n) is 3.46. The van der Waals surface area contributed by atoms with Crippen LogP contribution in [0.1, 0.15) is 22.8 Å². The fourth-order valence-corrected chi connectivity index (χ4v) is 2.41. The van der Waals surface area contributed by atoms with E-state index in [0.29, 0.717) is 13.3 Å². The largest absolute Gasteiger partial charge is 0.468 e. The summed E-state index contributed by atoms with van der Waals surface area (Å²) < 4.78 is 8.54. The van der Waals surface area contributed by atoms with Crippen molar-refractivity contribution in [3.63, 3.8) is 0 Å². The zero-order valence-corrected chi connectivity index (χ0v) is 13.8. The van der Waals surface area contributed by atoms with Crippen molar-refractivity contribution in [2.24, 2.45) is 0 Å². The number of methoxy groups -OCH3 is 1. The van der Waals surface area contributed by atoms with Gasteiger partial charge in [-0.25, -0.2) is 0 Å². The number of hydrogen-bond acceptors (Lipinski definition) is 5. The van der Waals surface area contributed by atoms with Gasteiger partial charge in [0.25, 0.3) is 0 Å². The van der Waals surface area contributed by atoms with Crippen LogP contribution < -0.4 is 0 Å². The minimum Gasteiger partial charge on any atom is -0.468 e. The Morgan fingerprint density at radius 2 is 1.50 bits per heavy atom. The van der Waals surface area contributed by atoms with Crippen molar-refractivity contribution in [2.75, 3.05) is 13.7 Å². The molecule has 2 aromatic heterocycles. The second-order valence-corrected chi connectivity index (χ2v) is 5.54. The number of rotatable bonds is 6. The molecule has 2 heterocycles. The fourth-order valence-electron chi connectivity index (χ4n) is 2.41. The Morgan fingerprint density at radius 1 is 1.05 bits per heavy atom. The third kappa shape index (κ3) is 3.94. The summed E-state index contributed by atoms with van der Waals surface area (Å²) in [5.74, 6) is -0.275. The van der Waals surface area contributed by atoms with Crippen LogP contribution in [-0.4, -0.2) is 44.1 Å². The van der Waals surface area contributed by atoms with Crippen LogP contribution in [0.4, 0.5) is 0 Å². The van der Waals surface area contributed by atoms with Gasteiger partial charge in [0.15, 0.2) is 0 Å². The molecule has 0 radical (unpaired) electrons. The van der Waals surface area contributed by atoms with Crippen LogP contribution in [0, 0.1) is 27.7 Å². The van der Waals surface area contributed by atoms with E-state index in [2.05, 4.69) is 10.2 Å². The highest BCUT2D eigenvalue weighted by Gasteiger charge is 2.15. The molecule has 0 saturated carbocycles. The monoisotopic (exact) mass is 305 g/mol. The minimum absolute atomic E-state index is 0.188. The van der Waals surface area contributed by atoms with Gasteiger partial charge in [-0.15, -0.1) is 0 Å². The second kappa shape index (κ2) is 6.74. The van der Waals surface area contributed by atoms with Crippen LogP contribution in [0.25, 0.3) is 0 Å². The molecule has 0 unspecified atom stereocenters. The SMILES string of the molecule is COC(=O)CN(Cn1nc(C)cc1C)Cn1nc(C)cc1C. The standard InChI is InChI=1S/C15H23N5O2/c1-11-6-13(3)19(16-11)9-18(8-15(21)22-5)10-20-14(4)7-12(2)17-20/h6-7H,8-10H2,1-5H3. The third-order valence-corrected chi connectivity index (χ3v) is 3.46. The number of ether oxygens (including phenoxy) is 1. The lowest BCUT2D eigenvalue weighted by molar-refractivity contribution is -0.143. The van der Waals surface area contributed by atoms with Crippen LogP contribution in [0.5, 0.6) is 0 Å². The Bertz CT molecular complexity index is 611. The molecule has 0 amide bonds. The summed E-state index contributed by atoms with van der Waals surface area (Å²) in [5, 5.41) is 8.89. The van der Waals surface area contributed by atoms with Crippen LogP contribution in [-0.2, 0) is 22.9 Å². The summed E-state index contributed by atoms with van der Waals surface area (Å²) in [6.07, 6.45) is 0. The topological polar surface area (TPSA) is 65.2 Å². The molecule has 0 aromatic carbocycles. The van der Waals surface area contributed by atoms with E-state index in [1.165, 1.54) is 7.11 Å². The lowest BCUT2D eigenvalue weighted by Crippen LogP contribution is -2.35. The molecule has 0 saturated heterocycles. The molecule has 0 bridgehead atoms. The quantitative estimate of drug-likeness (QED) is 0.755. The molecule has 0 aliphatic carbocycles. The molecule has 22 heavy (non-hydrogen) atoms. The molecule has 0 fully saturated rings. The molecule has 0 aliphatic rings. The van der Waals surface area contributed by atoms with Gasteiger partial charge >= 0.3 is 5.97 Å². The van der Waals surface area contributed by atoms with Crippen LogP contribution in [0.2, 0.25) is 0 Å². The van der Waals surface area contributed by atoms with E-state index in [0.717, 1.165) is 22.8 Å². The fraction of sp³-hybridized carbons (Fsp3) is 0.533. The molecule has 0 N–H and O–H groups in total. The number of aromatic nitrogens is 4. The molecule has 0 spiro atoms. The number of esters is 1. The van der Waals surface area contributed by atoms with Gasteiger partial charge in [0.1, 0.15) is 0 Å². The predicted octanol–water partition coefficient (Wildman–Crippen LogP) is 1.40. The maximum Gasteiger partial charge on any atom is 0.319 e. The van der Waals surface area contributed by atoms with Crippen molar-refractivity contribution in [1.82, 2.24) is 24.5 Å². The summed E-state index contributed by atoms with van der Waals surface area (Å²) in [4.78, 5) is 13.6. The zero-order valence-electron chi connectivity index (χ0n) is 13.8. The van der Waals surface area contributed by atoms with Gasteiger partial charge in [-0.3, -0.25) is 19.1 Å². The van der Waals surface area contributed by atoms with Crippen LogP contribution >= 0.6 is 0 Å². The number of hydrogen-bond donors (Lipinski definition) is 0. The van der Waals surface area contributed by atoms with E-state index in [9.17, 15) is 4.79 Å². The first kappa shape index (κ1) is 16.2. The van der Waals surface area contributed by atoms with Crippen LogP contribution in [0.3, 0.4) is 0 Å². The van der Waals surface area contributed by atoms with Gasteiger partial charge in [0.2, 0.25) is 0 Å². The van der Waals surface area contributed by atoms with E-state index < -0.39 is 0 Å². The van der Waals surface area contributed by atoms with E-state index in [4.69, 9.17) is 4.74 Å². The number of carbonyl (C=O) groups is 1. The normalized spacial score (nSPS) is 11.2. The van der Waals surface area contributed by atoms with Crippen molar-refractivity contribution in [3.8, 4) is 0 Å². The highest BCUT2D eigenvalue weighted by Crippen LogP contribution is 2.07. The number of nitrogens with zero attached hydrogens (tertiary/aromatic N) is 5. The lowest BCUT2D eigenvalue weighted by Gasteiger charge is -2.22. The molecular formula is C15H23N5O2. The Balaban J connectivity index is 2.17. The molecular weight excluding hydrogens is 282 g/mol. The molecule has 7 heteroatoms. The second-order valence-electron chi connectivity index (χ2n) is 5.54. The molecule has 120 valence electrons. The van der Waals surface area contributed by atoms with Crippen molar-refractivity contribution < 1.29 is 9.53 Å². The first-order chi connectivity index (χ1) is 10.4. The summed E-state index contributed by atoms with van der Waals surface area (Å²) in [5.41, 5.74) is 4.03. The van der Waals surface area contributed by atoms with E-state index in [1.807, 2.05) is 54.1 Å². The number of aryl methyl sites for hydroxylation is 4. The highest BCUT2D eigenvalue weighted by atomic mass is 16.5. The lowest BCUT2D eigenvalue weighted by atomic mass is 10.4. The Kier molecular flexibility index (Phi) is 4.97. The molecule has 0 atom stereocenters. The molecule has 2 rings (SSSR count). The highest BCUT2D eigenvalue weighted by molar-refractivity contribution is 5.71. The Hall–Kier alpha value is -2.15. The Labute approximate surface area is 130 Å². The van der Waals surface area contributed by atoms with Gasteiger partial charge in [0, 0.05) is 11.4 Å². The van der Waals surface area contributed by atoms with E-state index in [-0.39, 0.29) is 12.5 Å². The van der Waals surface area contributed by atoms with Crippen molar-refractivity contribution in [1.29, 1.82) is 0 Å². The molecule has 0 aliphatic heterocycles. The number of carbonyl (C=O) groups excluding carboxylic acids is 1. The smallest absolute Gasteiger partial charge is 0.319 e. The maximum atomic E-state index is 11.7. The average molecular weight is 305 g/mol. The van der Waals surface area contributed by atoms with Gasteiger partial charge in [-0.2, -0.15) is 10.2 Å². The first-order valence-electron chi connectivity index (χ1n) is 7.20. The maximum absolute atomic E-state index is 11.7. The van der Waals surface area contributed by atoms with Gasteiger partial charge in [0.05, 0.1) is 38.4 Å². The van der Waals surface area contributed by atoms with E-state index >= 15 is 0 Å². The van der Waals surface area contributed by atoms with Gasteiger partial charge in [-0.1, -0.05) is 0 Å². The predicted molar refractivity (Wildman–Crippen MR) is 82.1 cm³/mol. The minimum atomic E-state index is -0.275. The summed E-state index contributed by atoms with van der Waals surface area (Å²) in [6, 6.07) is 4.03. The zero-order chi connectivity index (χ0) is 16.3. The van der Waals surface area contributed by atoms with Gasteiger partial charge in [-0.05, 0) is 39.8 Å². The van der Waals surface area contributed by atoms with Gasteiger partial charge < -0.3 is 4.74 Å². The summed E-state index contributed by atoms with van der Waals surface area (Å²) >= 11 is 0. The first-order valence-corrected chi connectivity index (χ1v) is 7.20. The van der Waals surface area contributed by atoms with Crippen LogP contribution in [0.15, 0.2) is 12.1 Å². The molecule has 7 nitrogen and oxygen atoms in total. The van der Waals surface area contributed by atoms with Crippen molar-refractivity contribution in [2.45, 2.75) is 41.0 Å². The average Bonchev–Trinajstić information content (AvgIpc) is 2.91. The Morgan fingerprint density at radius 3 is 1.82 bits per heavy atom. The van der Waals surface area contributed by atoms with Crippen molar-refractivity contribution in [3.05, 3.63) is 34.9 Å².